The molecule has 0 radical (unpaired) electrons. The lowest BCUT2D eigenvalue weighted by Crippen LogP contribution is -2.43. The molecule has 0 saturated carbocycles. The lowest BCUT2D eigenvalue weighted by Gasteiger charge is -2.32. The Balaban J connectivity index is 1.13. The van der Waals surface area contributed by atoms with Gasteiger partial charge in [0, 0.05) is 44.2 Å². The molecular formula is C25H30N6O3. The highest BCUT2D eigenvalue weighted by Crippen LogP contribution is 2.21. The van der Waals surface area contributed by atoms with Crippen LogP contribution in [-0.2, 0) is 24.3 Å². The van der Waals surface area contributed by atoms with E-state index in [0.29, 0.717) is 37.1 Å². The number of methoxy groups -OCH3 is 1. The van der Waals surface area contributed by atoms with Crippen LogP contribution in [0.25, 0.3) is 11.0 Å². The molecule has 9 heteroatoms. The zero-order chi connectivity index (χ0) is 23.5. The smallest absolute Gasteiger partial charge is 0.251 e. The molecule has 0 atom stereocenters. The van der Waals surface area contributed by atoms with Crippen LogP contribution in [0.3, 0.4) is 0 Å². The second-order valence-electron chi connectivity index (χ2n) is 8.96. The third-order valence-corrected chi connectivity index (χ3v) is 6.76. The van der Waals surface area contributed by atoms with Crippen molar-refractivity contribution in [3.8, 4) is 5.75 Å². The molecular weight excluding hydrogens is 432 g/mol. The number of aromatic nitrogens is 3. The number of fused-ring (bicyclic) bond motifs is 2. The van der Waals surface area contributed by atoms with Gasteiger partial charge < -0.3 is 24.8 Å². The van der Waals surface area contributed by atoms with E-state index in [0.717, 1.165) is 61.2 Å². The Kier molecular flexibility index (Phi) is 6.55. The van der Waals surface area contributed by atoms with Crippen molar-refractivity contribution in [2.45, 2.75) is 44.8 Å². The first-order valence-electron chi connectivity index (χ1n) is 11.9. The van der Waals surface area contributed by atoms with Gasteiger partial charge in [-0.25, -0.2) is 4.98 Å². The van der Waals surface area contributed by atoms with Gasteiger partial charge in [0.05, 0.1) is 30.0 Å². The number of nitrogens with zero attached hydrogens (tertiary/aromatic N) is 4. The maximum absolute atomic E-state index is 12.5. The van der Waals surface area contributed by atoms with Crippen LogP contribution >= 0.6 is 0 Å². The summed E-state index contributed by atoms with van der Waals surface area (Å²) in [6.07, 6.45) is 5.05. The molecule has 2 aliphatic heterocycles. The molecule has 3 aromatic heterocycles. The molecule has 0 aliphatic carbocycles. The highest BCUT2D eigenvalue weighted by Gasteiger charge is 2.20. The molecule has 1 fully saturated rings. The summed E-state index contributed by atoms with van der Waals surface area (Å²) in [7, 11) is 1.60. The van der Waals surface area contributed by atoms with Crippen LogP contribution in [0.4, 0.5) is 5.82 Å². The van der Waals surface area contributed by atoms with Crippen molar-refractivity contribution in [1.82, 2.24) is 24.8 Å². The Hall–Kier alpha value is -3.30. The maximum Gasteiger partial charge on any atom is 0.251 e. The van der Waals surface area contributed by atoms with E-state index in [9.17, 15) is 9.59 Å². The fourth-order valence-corrected chi connectivity index (χ4v) is 4.72. The number of pyridine rings is 3. The molecule has 5 heterocycles. The number of rotatable bonds is 7. The molecule has 2 aliphatic rings. The first-order chi connectivity index (χ1) is 16.6. The SMILES string of the molecule is COc1cnc2ccc(=O)n(CCN3CCC(NCc4ccc5c(n4)NC(=O)CC5)CC3)c2c1. The van der Waals surface area contributed by atoms with Crippen LogP contribution in [0.1, 0.15) is 30.5 Å². The fraction of sp³-hybridized carbons (Fsp3) is 0.440. The van der Waals surface area contributed by atoms with Crippen LogP contribution < -0.4 is 20.9 Å². The molecule has 2 N–H and O–H groups in total. The van der Waals surface area contributed by atoms with Crippen molar-refractivity contribution >= 4 is 22.8 Å². The summed E-state index contributed by atoms with van der Waals surface area (Å²) < 4.78 is 7.08. The van der Waals surface area contributed by atoms with Gasteiger partial charge >= 0.3 is 0 Å². The van der Waals surface area contributed by atoms with Crippen LogP contribution in [0.5, 0.6) is 5.75 Å². The summed E-state index contributed by atoms with van der Waals surface area (Å²) in [4.78, 5) is 35.6. The van der Waals surface area contributed by atoms with Gasteiger partial charge in [-0.3, -0.25) is 14.6 Å². The van der Waals surface area contributed by atoms with Crippen molar-refractivity contribution in [1.29, 1.82) is 0 Å². The molecule has 34 heavy (non-hydrogen) atoms. The Morgan fingerprint density at radius 3 is 2.79 bits per heavy atom. The van der Waals surface area contributed by atoms with Crippen molar-refractivity contribution in [2.75, 3.05) is 32.1 Å². The molecule has 1 amide bonds. The number of ether oxygens (including phenoxy) is 1. The average Bonchev–Trinajstić information content (AvgIpc) is 2.87. The molecule has 0 bridgehead atoms. The minimum atomic E-state index is -0.0205. The van der Waals surface area contributed by atoms with E-state index in [-0.39, 0.29) is 11.5 Å². The van der Waals surface area contributed by atoms with E-state index in [1.165, 1.54) is 0 Å². The zero-order valence-corrected chi connectivity index (χ0v) is 19.4. The number of anilines is 1. The number of hydrogen-bond donors (Lipinski definition) is 2. The Labute approximate surface area is 198 Å². The summed E-state index contributed by atoms with van der Waals surface area (Å²) in [5.41, 5.74) is 3.63. The number of likely N-dealkylation sites (tertiary alicyclic amines) is 1. The fourth-order valence-electron chi connectivity index (χ4n) is 4.72. The molecule has 0 aromatic carbocycles. The van der Waals surface area contributed by atoms with Gasteiger partial charge in [0.15, 0.2) is 0 Å². The minimum Gasteiger partial charge on any atom is -0.495 e. The van der Waals surface area contributed by atoms with Gasteiger partial charge in [-0.1, -0.05) is 6.07 Å². The van der Waals surface area contributed by atoms with E-state index in [1.54, 1.807) is 30.0 Å². The minimum absolute atomic E-state index is 0.0205. The lowest BCUT2D eigenvalue weighted by atomic mass is 10.0. The molecule has 5 rings (SSSR count). The van der Waals surface area contributed by atoms with Gasteiger partial charge in [-0.2, -0.15) is 0 Å². The number of nitrogens with one attached hydrogen (secondary N) is 2. The standard InChI is InChI=1S/C25H30N6O3/c1-34-20-14-22-21(27-16-20)5-7-24(33)31(22)13-12-30-10-8-18(9-11-30)26-15-19-4-2-17-3-6-23(32)29-25(17)28-19/h2,4-5,7,14,16,18,26H,3,6,8-13,15H2,1H3,(H,28,29,32). The van der Waals surface area contributed by atoms with Gasteiger partial charge in [-0.15, -0.1) is 0 Å². The number of carbonyl (C=O) groups excluding carboxylic acids is 1. The Bertz CT molecular complexity index is 1250. The third kappa shape index (κ3) is 4.95. The Morgan fingerprint density at radius 2 is 1.97 bits per heavy atom. The quantitative estimate of drug-likeness (QED) is 0.553. The van der Waals surface area contributed by atoms with Crippen LogP contribution in [-0.4, -0.2) is 58.1 Å². The second kappa shape index (κ2) is 9.90. The van der Waals surface area contributed by atoms with Gasteiger partial charge in [-0.05, 0) is 50.0 Å². The van der Waals surface area contributed by atoms with Crippen molar-refractivity contribution in [2.24, 2.45) is 0 Å². The lowest BCUT2D eigenvalue weighted by molar-refractivity contribution is -0.116. The predicted molar refractivity (Wildman–Crippen MR) is 130 cm³/mol. The monoisotopic (exact) mass is 462 g/mol. The summed E-state index contributed by atoms with van der Waals surface area (Å²) >= 11 is 0. The van der Waals surface area contributed by atoms with Gasteiger partial charge in [0.25, 0.3) is 5.56 Å². The number of amides is 1. The van der Waals surface area contributed by atoms with Gasteiger partial charge in [0.2, 0.25) is 5.91 Å². The van der Waals surface area contributed by atoms with Crippen molar-refractivity contribution < 1.29 is 9.53 Å². The molecule has 0 unspecified atom stereocenters. The first kappa shape index (κ1) is 22.5. The molecule has 9 nitrogen and oxygen atoms in total. The van der Waals surface area contributed by atoms with Crippen LogP contribution in [0.15, 0.2) is 41.3 Å². The summed E-state index contributed by atoms with van der Waals surface area (Å²) in [6.45, 7) is 4.08. The number of aryl methyl sites for hydroxylation is 1. The Morgan fingerprint density at radius 1 is 1.12 bits per heavy atom. The van der Waals surface area contributed by atoms with Crippen molar-refractivity contribution in [3.05, 3.63) is 58.1 Å². The number of hydrogen-bond acceptors (Lipinski definition) is 7. The second-order valence-corrected chi connectivity index (χ2v) is 8.96. The van der Waals surface area contributed by atoms with E-state index in [2.05, 4.69) is 31.6 Å². The molecule has 1 saturated heterocycles. The maximum atomic E-state index is 12.5. The average molecular weight is 463 g/mol. The highest BCUT2D eigenvalue weighted by atomic mass is 16.5. The summed E-state index contributed by atoms with van der Waals surface area (Å²) in [5.74, 6) is 1.40. The van der Waals surface area contributed by atoms with Crippen LogP contribution in [0.2, 0.25) is 0 Å². The topological polar surface area (TPSA) is 101 Å². The van der Waals surface area contributed by atoms with E-state index in [4.69, 9.17) is 4.74 Å². The first-order valence-corrected chi connectivity index (χ1v) is 11.9. The van der Waals surface area contributed by atoms with E-state index in [1.807, 2.05) is 12.1 Å². The zero-order valence-electron chi connectivity index (χ0n) is 19.4. The summed E-state index contributed by atoms with van der Waals surface area (Å²) in [6, 6.07) is 9.76. The normalized spacial score (nSPS) is 16.9. The van der Waals surface area contributed by atoms with E-state index >= 15 is 0 Å². The molecule has 178 valence electrons. The third-order valence-electron chi connectivity index (χ3n) is 6.76. The number of carbonyl (C=O) groups is 1. The highest BCUT2D eigenvalue weighted by molar-refractivity contribution is 5.92. The molecule has 3 aromatic rings. The van der Waals surface area contributed by atoms with Gasteiger partial charge in [0.1, 0.15) is 11.6 Å². The predicted octanol–water partition coefficient (Wildman–Crippen LogP) is 1.94. The van der Waals surface area contributed by atoms with Crippen molar-refractivity contribution in [3.63, 3.8) is 0 Å². The largest absolute Gasteiger partial charge is 0.495 e. The summed E-state index contributed by atoms with van der Waals surface area (Å²) in [5, 5.41) is 6.49. The number of piperidine rings is 1. The van der Waals surface area contributed by atoms with E-state index < -0.39 is 0 Å². The van der Waals surface area contributed by atoms with Crippen LogP contribution in [0, 0.1) is 0 Å². The molecule has 0 spiro atoms.